The van der Waals surface area contributed by atoms with Gasteiger partial charge in [-0.15, -0.1) is 0 Å². The van der Waals surface area contributed by atoms with Crippen molar-refractivity contribution in [2.45, 2.75) is 39.4 Å². The minimum Gasteiger partial charge on any atom is -0.342 e. The zero-order valence-corrected chi connectivity index (χ0v) is 9.99. The van der Waals surface area contributed by atoms with E-state index in [-0.39, 0.29) is 0 Å². The van der Waals surface area contributed by atoms with Crippen LogP contribution in [0.1, 0.15) is 34.1 Å². The third kappa shape index (κ3) is 4.03. The largest absolute Gasteiger partial charge is 0.342 e. The summed E-state index contributed by atoms with van der Waals surface area (Å²) < 4.78 is 0. The van der Waals surface area contributed by atoms with Gasteiger partial charge in [-0.3, -0.25) is 4.79 Å². The van der Waals surface area contributed by atoms with Gasteiger partial charge in [-0.1, -0.05) is 20.8 Å². The van der Waals surface area contributed by atoms with Crippen LogP contribution >= 0.6 is 11.8 Å². The Kier molecular flexibility index (Phi) is 7.14. The van der Waals surface area contributed by atoms with Gasteiger partial charge in [0.2, 0.25) is 5.91 Å². The van der Waals surface area contributed by atoms with Gasteiger partial charge in [0.15, 0.2) is 0 Å². The Balaban J connectivity index is 0.000000671. The Morgan fingerprint density at radius 2 is 2.08 bits per heavy atom. The maximum atomic E-state index is 11.2. The molecule has 0 saturated carbocycles. The third-order valence-corrected chi connectivity index (χ3v) is 3.08. The van der Waals surface area contributed by atoms with Gasteiger partial charge in [0.25, 0.3) is 0 Å². The lowest BCUT2D eigenvalue weighted by Gasteiger charge is -2.12. The molecule has 0 aromatic rings. The van der Waals surface area contributed by atoms with Crippen LogP contribution in [-0.2, 0) is 4.79 Å². The molecule has 1 saturated heterocycles. The molecular formula is C10H21NOS. The van der Waals surface area contributed by atoms with E-state index in [2.05, 4.69) is 6.92 Å². The molecule has 0 N–H and O–H groups in total. The van der Waals surface area contributed by atoms with Crippen molar-refractivity contribution in [1.29, 1.82) is 0 Å². The van der Waals surface area contributed by atoms with Crippen molar-refractivity contribution in [3.63, 3.8) is 0 Å². The van der Waals surface area contributed by atoms with Crippen molar-refractivity contribution in [2.75, 3.05) is 18.8 Å². The maximum Gasteiger partial charge on any atom is 0.223 e. The fraction of sp³-hybridized carbons (Fsp3) is 0.900. The Labute approximate surface area is 86.1 Å². The lowest BCUT2D eigenvalue weighted by atomic mass is 10.4. The smallest absolute Gasteiger partial charge is 0.223 e. The molecule has 0 aliphatic carbocycles. The quantitative estimate of drug-likeness (QED) is 0.702. The highest BCUT2D eigenvalue weighted by atomic mass is 32.2. The van der Waals surface area contributed by atoms with Gasteiger partial charge in [0.05, 0.1) is 0 Å². The summed E-state index contributed by atoms with van der Waals surface area (Å²) in [6.45, 7) is 10.0. The van der Waals surface area contributed by atoms with E-state index in [1.165, 1.54) is 0 Å². The van der Waals surface area contributed by atoms with E-state index in [4.69, 9.17) is 0 Å². The molecular weight excluding hydrogens is 182 g/mol. The van der Waals surface area contributed by atoms with Gasteiger partial charge in [0.1, 0.15) is 0 Å². The summed E-state index contributed by atoms with van der Waals surface area (Å²) in [6.07, 6.45) is 0.756. The molecule has 1 fully saturated rings. The highest BCUT2D eigenvalue weighted by molar-refractivity contribution is 7.99. The van der Waals surface area contributed by atoms with Crippen molar-refractivity contribution in [3.8, 4) is 0 Å². The summed E-state index contributed by atoms with van der Waals surface area (Å²) in [5.41, 5.74) is 0. The van der Waals surface area contributed by atoms with Gasteiger partial charge in [-0.25, -0.2) is 0 Å². The maximum absolute atomic E-state index is 11.2. The summed E-state index contributed by atoms with van der Waals surface area (Å²) >= 11 is 1.90. The lowest BCUT2D eigenvalue weighted by molar-refractivity contribution is -0.127. The molecule has 0 radical (unpaired) electrons. The molecule has 0 aromatic carbocycles. The molecule has 1 heterocycles. The zero-order valence-electron chi connectivity index (χ0n) is 9.17. The number of hydrogen-bond donors (Lipinski definition) is 0. The first-order valence-corrected chi connectivity index (χ1v) is 6.22. The van der Waals surface area contributed by atoms with Crippen LogP contribution in [0.15, 0.2) is 0 Å². The molecule has 3 heteroatoms. The fourth-order valence-electron chi connectivity index (χ4n) is 1.39. The Morgan fingerprint density at radius 1 is 1.46 bits per heavy atom. The summed E-state index contributed by atoms with van der Waals surface area (Å²) in [5, 5.41) is 0.562. The predicted molar refractivity (Wildman–Crippen MR) is 60.1 cm³/mol. The molecule has 1 amide bonds. The van der Waals surface area contributed by atoms with Crippen molar-refractivity contribution in [1.82, 2.24) is 4.90 Å². The summed E-state index contributed by atoms with van der Waals surface area (Å²) in [5.74, 6) is 1.45. The number of hydrogen-bond acceptors (Lipinski definition) is 2. The first-order chi connectivity index (χ1) is 6.27. The highest BCUT2D eigenvalue weighted by Gasteiger charge is 2.27. The first-order valence-electron chi connectivity index (χ1n) is 5.17. The summed E-state index contributed by atoms with van der Waals surface area (Å²) in [4.78, 5) is 13.1. The molecule has 78 valence electrons. The second-order valence-electron chi connectivity index (χ2n) is 2.71. The Hall–Kier alpha value is -0.180. The Bertz CT molecular complexity index is 150. The highest BCUT2D eigenvalue weighted by Crippen LogP contribution is 2.22. The number of carbonyl (C=O) groups excluding carboxylic acids is 1. The van der Waals surface area contributed by atoms with Gasteiger partial charge in [-0.2, -0.15) is 11.8 Å². The van der Waals surface area contributed by atoms with Crippen LogP contribution in [0, 0.1) is 0 Å². The first kappa shape index (κ1) is 12.8. The molecule has 1 atom stereocenters. The van der Waals surface area contributed by atoms with Gasteiger partial charge in [0, 0.05) is 24.8 Å². The molecule has 1 unspecified atom stereocenters. The van der Waals surface area contributed by atoms with Crippen molar-refractivity contribution in [2.24, 2.45) is 0 Å². The number of rotatable bonds is 3. The van der Waals surface area contributed by atoms with E-state index < -0.39 is 0 Å². The van der Waals surface area contributed by atoms with Crippen molar-refractivity contribution >= 4 is 17.7 Å². The van der Waals surface area contributed by atoms with Crippen LogP contribution in [0.5, 0.6) is 0 Å². The van der Waals surface area contributed by atoms with E-state index in [9.17, 15) is 4.79 Å². The summed E-state index contributed by atoms with van der Waals surface area (Å²) in [6, 6.07) is 0. The zero-order chi connectivity index (χ0) is 10.3. The molecule has 1 aliphatic rings. The number of likely N-dealkylation sites (tertiary alicyclic amines) is 1. The van der Waals surface area contributed by atoms with Gasteiger partial charge < -0.3 is 4.90 Å². The molecule has 0 spiro atoms. The predicted octanol–water partition coefficient (Wildman–Crippen LogP) is 2.39. The van der Waals surface area contributed by atoms with E-state index in [0.29, 0.717) is 11.2 Å². The summed E-state index contributed by atoms with van der Waals surface area (Å²) in [7, 11) is 0. The van der Waals surface area contributed by atoms with Crippen LogP contribution < -0.4 is 0 Å². The molecule has 1 rings (SSSR count). The van der Waals surface area contributed by atoms with E-state index in [0.717, 1.165) is 25.3 Å². The van der Waals surface area contributed by atoms with Crippen LogP contribution in [0.2, 0.25) is 0 Å². The molecule has 0 bridgehead atoms. The van der Waals surface area contributed by atoms with E-state index in [1.807, 2.05) is 37.4 Å². The average Bonchev–Trinajstić information content (AvgIpc) is 2.50. The topological polar surface area (TPSA) is 20.3 Å². The number of nitrogens with zero attached hydrogens (tertiary/aromatic N) is 1. The minimum atomic E-state index is 0.332. The van der Waals surface area contributed by atoms with Crippen LogP contribution in [0.3, 0.4) is 0 Å². The monoisotopic (exact) mass is 203 g/mol. The Morgan fingerprint density at radius 3 is 2.46 bits per heavy atom. The van der Waals surface area contributed by atoms with E-state index >= 15 is 0 Å². The standard InChI is InChI=1S/C8H15NOS.C2H6/c1-3-9-6-7(11-4-2)5-8(9)10;1-2/h7H,3-6H2,1-2H3;1-2H3. The van der Waals surface area contributed by atoms with Gasteiger partial charge in [-0.05, 0) is 12.7 Å². The number of thioether (sulfide) groups is 1. The van der Waals surface area contributed by atoms with Crippen LogP contribution in [-0.4, -0.2) is 34.9 Å². The SMILES string of the molecule is CC.CCSC1CC(=O)N(CC)C1. The van der Waals surface area contributed by atoms with Crippen molar-refractivity contribution in [3.05, 3.63) is 0 Å². The fourth-order valence-corrected chi connectivity index (χ4v) is 2.41. The normalized spacial score (nSPS) is 21.4. The number of carbonyl (C=O) groups is 1. The molecule has 1 aliphatic heterocycles. The van der Waals surface area contributed by atoms with Gasteiger partial charge >= 0.3 is 0 Å². The third-order valence-electron chi connectivity index (χ3n) is 1.96. The second kappa shape index (κ2) is 7.25. The molecule has 2 nitrogen and oxygen atoms in total. The number of amides is 1. The van der Waals surface area contributed by atoms with Crippen LogP contribution in [0.4, 0.5) is 0 Å². The minimum absolute atomic E-state index is 0.332. The molecule has 13 heavy (non-hydrogen) atoms. The van der Waals surface area contributed by atoms with E-state index in [1.54, 1.807) is 0 Å². The van der Waals surface area contributed by atoms with Crippen LogP contribution in [0.25, 0.3) is 0 Å². The molecule has 0 aromatic heterocycles. The average molecular weight is 203 g/mol. The van der Waals surface area contributed by atoms with Crippen molar-refractivity contribution < 1.29 is 4.79 Å². The lowest BCUT2D eigenvalue weighted by Crippen LogP contribution is -2.24. The second-order valence-corrected chi connectivity index (χ2v) is 4.29.